The summed E-state index contributed by atoms with van der Waals surface area (Å²) >= 11 is 0. The molecule has 0 aromatic carbocycles. The van der Waals surface area contributed by atoms with Gasteiger partial charge in [-0.1, -0.05) is 33.1 Å². The van der Waals surface area contributed by atoms with Crippen molar-refractivity contribution in [1.82, 2.24) is 5.32 Å². The van der Waals surface area contributed by atoms with Gasteiger partial charge < -0.3 is 10.1 Å². The molecule has 2 unspecified atom stereocenters. The molecule has 2 saturated carbocycles. The minimum Gasteiger partial charge on any atom is -0.468 e. The molecule has 0 radical (unpaired) electrons. The van der Waals surface area contributed by atoms with E-state index < -0.39 is 0 Å². The van der Waals surface area contributed by atoms with Crippen molar-refractivity contribution < 1.29 is 9.53 Å². The predicted octanol–water partition coefficient (Wildman–Crippen LogP) is 2.89. The lowest BCUT2D eigenvalue weighted by atomic mass is 9.57. The summed E-state index contributed by atoms with van der Waals surface area (Å²) in [6.07, 6.45) is 9.37. The zero-order chi connectivity index (χ0) is 13.2. The summed E-state index contributed by atoms with van der Waals surface area (Å²) in [5, 5.41) is 3.59. The van der Waals surface area contributed by atoms with E-state index in [1.807, 2.05) is 0 Å². The molecule has 3 heteroatoms. The van der Waals surface area contributed by atoms with Crippen LogP contribution in [-0.2, 0) is 9.53 Å². The monoisotopic (exact) mass is 253 g/mol. The van der Waals surface area contributed by atoms with E-state index in [9.17, 15) is 4.79 Å². The van der Waals surface area contributed by atoms with Crippen molar-refractivity contribution in [1.29, 1.82) is 0 Å². The minimum atomic E-state index is -0.140. The average molecular weight is 253 g/mol. The van der Waals surface area contributed by atoms with Gasteiger partial charge in [0.25, 0.3) is 0 Å². The van der Waals surface area contributed by atoms with E-state index in [1.165, 1.54) is 52.1 Å². The van der Waals surface area contributed by atoms with Gasteiger partial charge in [-0.05, 0) is 37.0 Å². The Labute approximate surface area is 111 Å². The van der Waals surface area contributed by atoms with Crippen LogP contribution in [0, 0.1) is 11.3 Å². The van der Waals surface area contributed by atoms with E-state index in [0.29, 0.717) is 17.4 Å². The Kier molecular flexibility index (Phi) is 4.31. The Hall–Kier alpha value is -0.570. The zero-order valence-electron chi connectivity index (χ0n) is 12.0. The fourth-order valence-corrected chi connectivity index (χ4v) is 3.69. The molecule has 104 valence electrons. The molecule has 0 bridgehead atoms. The quantitative estimate of drug-likeness (QED) is 0.783. The number of carbonyl (C=O) groups excluding carboxylic acids is 1. The highest BCUT2D eigenvalue weighted by atomic mass is 16.5. The molecular weight excluding hydrogens is 226 g/mol. The van der Waals surface area contributed by atoms with E-state index in [4.69, 9.17) is 4.74 Å². The summed E-state index contributed by atoms with van der Waals surface area (Å²) in [4.78, 5) is 11.8. The molecule has 2 aliphatic carbocycles. The summed E-state index contributed by atoms with van der Waals surface area (Å²) in [7, 11) is 1.48. The Balaban J connectivity index is 1.97. The summed E-state index contributed by atoms with van der Waals surface area (Å²) in [5.74, 6) is 0.182. The van der Waals surface area contributed by atoms with Crippen LogP contribution >= 0.6 is 0 Å². The van der Waals surface area contributed by atoms with Crippen molar-refractivity contribution in [2.45, 2.75) is 70.9 Å². The molecule has 0 amide bonds. The first-order valence-electron chi connectivity index (χ1n) is 7.43. The zero-order valence-corrected chi connectivity index (χ0v) is 12.0. The molecule has 2 aliphatic rings. The third-order valence-corrected chi connectivity index (χ3v) is 5.02. The van der Waals surface area contributed by atoms with Crippen LogP contribution in [0.15, 0.2) is 0 Å². The lowest BCUT2D eigenvalue weighted by Crippen LogP contribution is -2.59. The van der Waals surface area contributed by atoms with Crippen molar-refractivity contribution in [3.63, 3.8) is 0 Å². The lowest BCUT2D eigenvalue weighted by molar-refractivity contribution is -0.145. The maximum absolute atomic E-state index is 11.8. The Morgan fingerprint density at radius 3 is 2.33 bits per heavy atom. The van der Waals surface area contributed by atoms with Gasteiger partial charge in [0.05, 0.1) is 7.11 Å². The first-order valence-corrected chi connectivity index (χ1v) is 7.43. The summed E-state index contributed by atoms with van der Waals surface area (Å²) < 4.78 is 4.92. The smallest absolute Gasteiger partial charge is 0.323 e. The standard InChI is InChI=1S/C15H27NO2/c1-11(2)13(14(17)18-3)16-12-7-10-15(12)8-5-4-6-9-15/h11-13,16H,4-10H2,1-3H3. The molecule has 0 aromatic rings. The minimum absolute atomic E-state index is 0.108. The second kappa shape index (κ2) is 5.60. The van der Waals surface area contributed by atoms with Gasteiger partial charge >= 0.3 is 5.97 Å². The van der Waals surface area contributed by atoms with Crippen molar-refractivity contribution >= 4 is 5.97 Å². The van der Waals surface area contributed by atoms with Crippen LogP contribution in [0.4, 0.5) is 0 Å². The van der Waals surface area contributed by atoms with E-state index in [-0.39, 0.29) is 12.0 Å². The number of rotatable bonds is 4. The molecule has 2 rings (SSSR count). The Morgan fingerprint density at radius 2 is 1.89 bits per heavy atom. The normalized spacial score (nSPS) is 27.9. The molecule has 18 heavy (non-hydrogen) atoms. The van der Waals surface area contributed by atoms with Crippen molar-refractivity contribution in [3.05, 3.63) is 0 Å². The van der Waals surface area contributed by atoms with Crippen molar-refractivity contribution in [3.8, 4) is 0 Å². The van der Waals surface area contributed by atoms with E-state index in [1.54, 1.807) is 0 Å². The first kappa shape index (κ1) is 13.9. The fraction of sp³-hybridized carbons (Fsp3) is 0.933. The average Bonchev–Trinajstić information content (AvgIpc) is 2.38. The molecule has 0 aromatic heterocycles. The van der Waals surface area contributed by atoms with Gasteiger partial charge in [0.15, 0.2) is 0 Å². The maximum atomic E-state index is 11.8. The van der Waals surface area contributed by atoms with Gasteiger partial charge in [0.1, 0.15) is 6.04 Å². The van der Waals surface area contributed by atoms with Gasteiger partial charge in [-0.2, -0.15) is 0 Å². The third-order valence-electron chi connectivity index (χ3n) is 5.02. The molecule has 0 heterocycles. The summed E-state index contributed by atoms with van der Waals surface area (Å²) in [5.41, 5.74) is 0.499. The molecule has 1 N–H and O–H groups in total. The SMILES string of the molecule is COC(=O)C(NC1CCC12CCCCC2)C(C)C. The summed E-state index contributed by atoms with van der Waals surface area (Å²) in [6, 6.07) is 0.392. The largest absolute Gasteiger partial charge is 0.468 e. The van der Waals surface area contributed by atoms with E-state index in [0.717, 1.165) is 0 Å². The molecule has 0 saturated heterocycles. The molecule has 1 spiro atoms. The van der Waals surface area contributed by atoms with Crippen molar-refractivity contribution in [2.24, 2.45) is 11.3 Å². The highest BCUT2D eigenvalue weighted by Crippen LogP contribution is 2.51. The molecule has 2 atom stereocenters. The van der Waals surface area contributed by atoms with Crippen LogP contribution in [0.3, 0.4) is 0 Å². The number of hydrogen-bond acceptors (Lipinski definition) is 3. The third kappa shape index (κ3) is 2.56. The Bertz CT molecular complexity index is 295. The first-order chi connectivity index (χ1) is 8.59. The molecule has 0 aliphatic heterocycles. The lowest BCUT2D eigenvalue weighted by Gasteiger charge is -2.53. The van der Waals surface area contributed by atoms with Gasteiger partial charge in [-0.25, -0.2) is 0 Å². The fourth-order valence-electron chi connectivity index (χ4n) is 3.69. The highest BCUT2D eigenvalue weighted by molar-refractivity contribution is 5.76. The van der Waals surface area contributed by atoms with Crippen LogP contribution in [0.2, 0.25) is 0 Å². The Morgan fingerprint density at radius 1 is 1.22 bits per heavy atom. The van der Waals surface area contributed by atoms with Crippen LogP contribution < -0.4 is 5.32 Å². The number of ether oxygens (including phenoxy) is 1. The van der Waals surface area contributed by atoms with E-state index in [2.05, 4.69) is 19.2 Å². The van der Waals surface area contributed by atoms with Crippen LogP contribution in [0.25, 0.3) is 0 Å². The number of methoxy groups -OCH3 is 1. The number of nitrogens with one attached hydrogen (secondary N) is 1. The van der Waals surface area contributed by atoms with Crippen LogP contribution in [0.5, 0.6) is 0 Å². The summed E-state index contributed by atoms with van der Waals surface area (Å²) in [6.45, 7) is 4.17. The maximum Gasteiger partial charge on any atom is 0.323 e. The second-order valence-corrected chi connectivity index (χ2v) is 6.43. The molecular formula is C15H27NO2. The van der Waals surface area contributed by atoms with Crippen molar-refractivity contribution in [2.75, 3.05) is 7.11 Å². The van der Waals surface area contributed by atoms with Crippen LogP contribution in [0.1, 0.15) is 58.8 Å². The number of hydrogen-bond donors (Lipinski definition) is 1. The number of carbonyl (C=O) groups is 1. The van der Waals surface area contributed by atoms with Gasteiger partial charge in [0, 0.05) is 6.04 Å². The van der Waals surface area contributed by atoms with Gasteiger partial charge in [-0.15, -0.1) is 0 Å². The molecule has 2 fully saturated rings. The number of esters is 1. The molecule has 3 nitrogen and oxygen atoms in total. The topological polar surface area (TPSA) is 38.3 Å². The second-order valence-electron chi connectivity index (χ2n) is 6.43. The van der Waals surface area contributed by atoms with Gasteiger partial charge in [-0.3, -0.25) is 4.79 Å². The van der Waals surface area contributed by atoms with Crippen LogP contribution in [-0.4, -0.2) is 25.2 Å². The van der Waals surface area contributed by atoms with E-state index >= 15 is 0 Å². The highest BCUT2D eigenvalue weighted by Gasteiger charge is 2.48. The van der Waals surface area contributed by atoms with Gasteiger partial charge in [0.2, 0.25) is 0 Å². The predicted molar refractivity (Wildman–Crippen MR) is 72.3 cm³/mol.